The minimum absolute atomic E-state index is 0.161. The molecule has 0 saturated carbocycles. The minimum Gasteiger partial charge on any atom is -0.458 e. The maximum atomic E-state index is 12.5. The topological polar surface area (TPSA) is 112 Å². The molecule has 0 unspecified atom stereocenters. The van der Waals surface area contributed by atoms with E-state index in [1.54, 1.807) is 6.07 Å². The van der Waals surface area contributed by atoms with Gasteiger partial charge in [-0.25, -0.2) is 0 Å². The Labute approximate surface area is 142 Å². The van der Waals surface area contributed by atoms with E-state index in [4.69, 9.17) is 4.42 Å². The highest BCUT2D eigenvalue weighted by atomic mass is 16.3. The molecule has 1 amide bonds. The lowest BCUT2D eigenvalue weighted by molar-refractivity contribution is 0.102. The smallest absolute Gasteiger partial charge is 0.261 e. The number of rotatable bonds is 4. The molecule has 0 radical (unpaired) electrons. The first-order chi connectivity index (χ1) is 12.2. The quantitative estimate of drug-likeness (QED) is 0.531. The molecule has 8 heteroatoms. The molecule has 3 aromatic heterocycles. The lowest BCUT2D eigenvalue weighted by atomic mass is 10.1. The third-order valence-electron chi connectivity index (χ3n) is 3.63. The first kappa shape index (κ1) is 14.9. The van der Waals surface area contributed by atoms with E-state index in [9.17, 15) is 4.79 Å². The van der Waals surface area contributed by atoms with E-state index in [0.29, 0.717) is 22.8 Å². The van der Waals surface area contributed by atoms with E-state index in [0.717, 1.165) is 11.3 Å². The summed E-state index contributed by atoms with van der Waals surface area (Å²) in [5, 5.41) is 16.2. The Balaban J connectivity index is 1.56. The van der Waals surface area contributed by atoms with Crippen LogP contribution in [0.1, 0.15) is 16.1 Å². The fraction of sp³-hybridized carbons (Fsp3) is 0.0588. The number of amides is 1. The predicted molar refractivity (Wildman–Crippen MR) is 90.8 cm³/mol. The standard InChI is InChI=1S/C17H14N6O2/c1-10-7-8-13(25-10)15-19-17(23-22-15)20-16(24)12-9-18-21-14(12)11-5-3-2-4-6-11/h2-9H,1H3,(H,18,21)(H2,19,20,22,23,24). The van der Waals surface area contributed by atoms with Crippen LogP contribution in [0, 0.1) is 6.92 Å². The van der Waals surface area contributed by atoms with E-state index in [1.165, 1.54) is 6.20 Å². The molecule has 0 aliphatic rings. The van der Waals surface area contributed by atoms with E-state index < -0.39 is 0 Å². The van der Waals surface area contributed by atoms with Crippen LogP contribution in [0.25, 0.3) is 22.8 Å². The van der Waals surface area contributed by atoms with Crippen molar-refractivity contribution in [3.05, 3.63) is 60.0 Å². The second kappa shape index (κ2) is 6.08. The van der Waals surface area contributed by atoms with Crippen molar-refractivity contribution >= 4 is 11.9 Å². The number of aromatic nitrogens is 5. The summed E-state index contributed by atoms with van der Waals surface area (Å²) in [4.78, 5) is 16.8. The first-order valence-electron chi connectivity index (χ1n) is 7.60. The molecule has 0 spiro atoms. The fourth-order valence-corrected chi connectivity index (χ4v) is 2.44. The number of H-pyrrole nitrogens is 2. The maximum Gasteiger partial charge on any atom is 0.261 e. The van der Waals surface area contributed by atoms with Gasteiger partial charge in [0.25, 0.3) is 5.91 Å². The van der Waals surface area contributed by atoms with Gasteiger partial charge in [-0.1, -0.05) is 30.3 Å². The van der Waals surface area contributed by atoms with E-state index >= 15 is 0 Å². The predicted octanol–water partition coefficient (Wildman–Crippen LogP) is 3.02. The normalized spacial score (nSPS) is 10.8. The monoisotopic (exact) mass is 334 g/mol. The van der Waals surface area contributed by atoms with Crippen molar-refractivity contribution in [2.45, 2.75) is 6.92 Å². The van der Waals surface area contributed by atoms with Crippen molar-refractivity contribution in [3.63, 3.8) is 0 Å². The van der Waals surface area contributed by atoms with Gasteiger partial charge in [0.2, 0.25) is 5.95 Å². The minimum atomic E-state index is -0.353. The van der Waals surface area contributed by atoms with Crippen LogP contribution in [-0.2, 0) is 0 Å². The van der Waals surface area contributed by atoms with Gasteiger partial charge in [0.15, 0.2) is 11.6 Å². The summed E-state index contributed by atoms with van der Waals surface area (Å²) >= 11 is 0. The van der Waals surface area contributed by atoms with Gasteiger partial charge in [-0.15, -0.1) is 5.10 Å². The van der Waals surface area contributed by atoms with Gasteiger partial charge in [-0.05, 0) is 19.1 Å². The third kappa shape index (κ3) is 2.92. The molecule has 0 fully saturated rings. The van der Waals surface area contributed by atoms with Gasteiger partial charge >= 0.3 is 0 Å². The summed E-state index contributed by atoms with van der Waals surface area (Å²) in [6, 6.07) is 13.1. The molecule has 124 valence electrons. The van der Waals surface area contributed by atoms with Crippen LogP contribution in [0.2, 0.25) is 0 Å². The van der Waals surface area contributed by atoms with Crippen molar-refractivity contribution in [2.24, 2.45) is 0 Å². The Bertz CT molecular complexity index is 1010. The fourth-order valence-electron chi connectivity index (χ4n) is 2.44. The van der Waals surface area contributed by atoms with E-state index in [1.807, 2.05) is 43.3 Å². The van der Waals surface area contributed by atoms with Crippen molar-refractivity contribution < 1.29 is 9.21 Å². The molecular formula is C17H14N6O2. The number of nitrogens with one attached hydrogen (secondary N) is 3. The van der Waals surface area contributed by atoms with Crippen LogP contribution in [0.4, 0.5) is 5.95 Å². The van der Waals surface area contributed by atoms with Gasteiger partial charge in [0.1, 0.15) is 5.76 Å². The zero-order valence-electron chi connectivity index (χ0n) is 13.3. The number of carbonyl (C=O) groups excluding carboxylic acids is 1. The van der Waals surface area contributed by atoms with Crippen LogP contribution < -0.4 is 5.32 Å². The molecular weight excluding hydrogens is 320 g/mol. The molecule has 8 nitrogen and oxygen atoms in total. The Kier molecular flexibility index (Phi) is 3.62. The average molecular weight is 334 g/mol. The first-order valence-corrected chi connectivity index (χ1v) is 7.60. The highest BCUT2D eigenvalue weighted by Gasteiger charge is 2.17. The molecule has 25 heavy (non-hydrogen) atoms. The molecule has 0 bridgehead atoms. The average Bonchev–Trinajstić information content (AvgIpc) is 3.35. The van der Waals surface area contributed by atoms with Crippen LogP contribution in [0.5, 0.6) is 0 Å². The van der Waals surface area contributed by atoms with E-state index in [-0.39, 0.29) is 11.9 Å². The van der Waals surface area contributed by atoms with E-state index in [2.05, 4.69) is 30.7 Å². The van der Waals surface area contributed by atoms with Gasteiger partial charge in [0, 0.05) is 5.56 Å². The number of aryl methyl sites for hydroxylation is 1. The number of anilines is 1. The summed E-state index contributed by atoms with van der Waals surface area (Å²) in [6.45, 7) is 1.84. The van der Waals surface area contributed by atoms with Crippen LogP contribution in [0.15, 0.2) is 53.1 Å². The number of hydrogen-bond acceptors (Lipinski definition) is 5. The van der Waals surface area contributed by atoms with Gasteiger partial charge in [-0.3, -0.25) is 20.3 Å². The number of carbonyl (C=O) groups is 1. The Hall–Kier alpha value is -3.68. The Morgan fingerprint density at radius 2 is 1.96 bits per heavy atom. The summed E-state index contributed by atoms with van der Waals surface area (Å²) in [5.74, 6) is 1.57. The molecule has 0 aliphatic heterocycles. The number of hydrogen-bond donors (Lipinski definition) is 3. The molecule has 1 aromatic carbocycles. The lowest BCUT2D eigenvalue weighted by Crippen LogP contribution is -2.13. The molecule has 0 atom stereocenters. The van der Waals surface area contributed by atoms with Crippen LogP contribution in [0.3, 0.4) is 0 Å². The van der Waals surface area contributed by atoms with Crippen molar-refractivity contribution in [2.75, 3.05) is 5.32 Å². The maximum absolute atomic E-state index is 12.5. The molecule has 3 heterocycles. The van der Waals surface area contributed by atoms with Crippen LogP contribution >= 0.6 is 0 Å². The van der Waals surface area contributed by atoms with Gasteiger partial charge in [0.05, 0.1) is 17.5 Å². The number of nitrogens with zero attached hydrogens (tertiary/aromatic N) is 3. The van der Waals surface area contributed by atoms with Crippen molar-refractivity contribution in [1.29, 1.82) is 0 Å². The summed E-state index contributed by atoms with van der Waals surface area (Å²) < 4.78 is 5.48. The summed E-state index contributed by atoms with van der Waals surface area (Å²) in [7, 11) is 0. The lowest BCUT2D eigenvalue weighted by Gasteiger charge is -2.02. The highest BCUT2D eigenvalue weighted by molar-refractivity contribution is 6.07. The second-order valence-corrected chi connectivity index (χ2v) is 5.40. The molecule has 0 aliphatic carbocycles. The molecule has 4 aromatic rings. The third-order valence-corrected chi connectivity index (χ3v) is 3.63. The number of benzene rings is 1. The van der Waals surface area contributed by atoms with Gasteiger partial charge in [-0.2, -0.15) is 10.1 Å². The molecule has 0 saturated heterocycles. The second-order valence-electron chi connectivity index (χ2n) is 5.40. The highest BCUT2D eigenvalue weighted by Crippen LogP contribution is 2.22. The number of aromatic amines is 2. The summed E-state index contributed by atoms with van der Waals surface area (Å²) in [5.41, 5.74) is 1.91. The zero-order valence-corrected chi connectivity index (χ0v) is 13.3. The zero-order chi connectivity index (χ0) is 17.2. The van der Waals surface area contributed by atoms with Crippen LogP contribution in [-0.4, -0.2) is 31.3 Å². The van der Waals surface area contributed by atoms with Crippen molar-refractivity contribution in [1.82, 2.24) is 25.4 Å². The molecule has 4 rings (SSSR count). The van der Waals surface area contributed by atoms with Crippen molar-refractivity contribution in [3.8, 4) is 22.8 Å². The largest absolute Gasteiger partial charge is 0.458 e. The Morgan fingerprint density at radius 1 is 1.12 bits per heavy atom. The summed E-state index contributed by atoms with van der Waals surface area (Å²) in [6.07, 6.45) is 1.47. The molecule has 3 N–H and O–H groups in total. The Morgan fingerprint density at radius 3 is 2.72 bits per heavy atom. The number of furan rings is 1. The van der Waals surface area contributed by atoms with Gasteiger partial charge < -0.3 is 4.42 Å². The SMILES string of the molecule is Cc1ccc(-c2nc(NC(=O)c3cn[nH]c3-c3ccccc3)n[nH]2)o1.